The molecule has 1 unspecified atom stereocenters. The van der Waals surface area contributed by atoms with E-state index in [1.807, 2.05) is 6.92 Å². The van der Waals surface area contributed by atoms with Crippen LogP contribution in [0.3, 0.4) is 0 Å². The Kier molecular flexibility index (Phi) is 13.2. The maximum atomic E-state index is 11.0. The monoisotopic (exact) mass is 543 g/mol. The Labute approximate surface area is 173 Å². The van der Waals surface area contributed by atoms with Crippen molar-refractivity contribution in [1.29, 1.82) is 0 Å². The predicted octanol–water partition coefficient (Wildman–Crippen LogP) is 1.82. The van der Waals surface area contributed by atoms with Crippen molar-refractivity contribution in [2.24, 2.45) is 5.41 Å². The second-order valence-corrected chi connectivity index (χ2v) is 6.44. The van der Waals surface area contributed by atoms with Gasteiger partial charge >= 0.3 is 0 Å². The molecule has 7 nitrogen and oxygen atoms in total. The second kappa shape index (κ2) is 13.6. The van der Waals surface area contributed by atoms with Crippen molar-refractivity contribution in [1.82, 2.24) is 4.90 Å². The van der Waals surface area contributed by atoms with Crippen LogP contribution in [0.25, 0.3) is 0 Å². The fraction of sp³-hybridized carbons (Fsp3) is 0.722. The Balaban J connectivity index is 0. The number of epoxide rings is 1. The average Bonchev–Trinajstić information content (AvgIpc) is 3.20. The van der Waals surface area contributed by atoms with E-state index in [4.69, 9.17) is 10.8 Å². The van der Waals surface area contributed by atoms with Crippen molar-refractivity contribution >= 4 is 11.8 Å². The Morgan fingerprint density at radius 3 is 1.65 bits per heavy atom. The van der Waals surface area contributed by atoms with Crippen molar-refractivity contribution in [3.05, 3.63) is 17.7 Å². The largest absolute Gasteiger partial charge is 0.570 e. The Bertz CT molecular complexity index is 480. The molecule has 0 aromatic heterocycles. The molecule has 2 fully saturated rings. The van der Waals surface area contributed by atoms with Crippen LogP contribution in [0.5, 0.6) is 0 Å². The van der Waals surface area contributed by atoms with Crippen LogP contribution < -0.4 is 0 Å². The van der Waals surface area contributed by atoms with Gasteiger partial charge in [0.15, 0.2) is 0 Å². The molecule has 1 atom stereocenters. The van der Waals surface area contributed by atoms with Crippen molar-refractivity contribution in [3.63, 3.8) is 0 Å². The van der Waals surface area contributed by atoms with Gasteiger partial charge in [-0.1, -0.05) is 20.0 Å². The molecule has 0 aromatic rings. The van der Waals surface area contributed by atoms with Crippen LogP contribution in [-0.4, -0.2) is 71.0 Å². The number of hydrogen-bond donors (Lipinski definition) is 0. The van der Waals surface area contributed by atoms with Gasteiger partial charge in [-0.25, -0.2) is 0 Å². The van der Waals surface area contributed by atoms with E-state index in [0.717, 1.165) is 24.7 Å². The first-order valence-corrected chi connectivity index (χ1v) is 8.01. The van der Waals surface area contributed by atoms with Gasteiger partial charge in [-0.05, 0) is 13.8 Å². The molecule has 0 N–H and O–H groups in total. The summed E-state index contributed by atoms with van der Waals surface area (Å²) in [5, 5.41) is 0. The number of imide groups is 1. The summed E-state index contributed by atoms with van der Waals surface area (Å²) >= 11 is 0. The van der Waals surface area contributed by atoms with Crippen LogP contribution in [0, 0.1) is 12.0 Å². The molecule has 2 saturated heterocycles. The number of ether oxygens (including phenoxy) is 4. The summed E-state index contributed by atoms with van der Waals surface area (Å²) in [5.74, 6) is -0.356. The first-order valence-electron chi connectivity index (χ1n) is 8.51. The first kappa shape index (κ1) is 25.4. The summed E-state index contributed by atoms with van der Waals surface area (Å²) in [6, 6.07) is 0. The van der Waals surface area contributed by atoms with E-state index in [1.54, 1.807) is 35.2 Å². The summed E-state index contributed by atoms with van der Waals surface area (Å²) in [5.41, 5.74) is 1.45. The fourth-order valence-corrected chi connectivity index (χ4v) is 1.87. The fourth-order valence-electron chi connectivity index (χ4n) is 1.87. The van der Waals surface area contributed by atoms with Crippen molar-refractivity contribution in [2.75, 3.05) is 48.2 Å². The Morgan fingerprint density at radius 2 is 1.58 bits per heavy atom. The summed E-state index contributed by atoms with van der Waals surface area (Å²) in [4.78, 5) is 23.1. The smallest absolute Gasteiger partial charge is 0.256 e. The SMILES string of the molecule is CC1=C(C)C(=O)N(C)C1=O.COC.COCC1(C)COC1.[2H][C-]1OC1C.[W]. The summed E-state index contributed by atoms with van der Waals surface area (Å²) in [7, 11) is 6.47. The number of hydrogen-bond acceptors (Lipinski definition) is 6. The van der Waals surface area contributed by atoms with Crippen LogP contribution in [0.1, 0.15) is 29.1 Å². The molecular formula is C18H32NO6W-. The van der Waals surface area contributed by atoms with E-state index in [2.05, 4.69) is 16.4 Å². The minimum absolute atomic E-state index is 0. The predicted molar refractivity (Wildman–Crippen MR) is 94.7 cm³/mol. The number of methoxy groups -OCH3 is 2. The van der Waals surface area contributed by atoms with Gasteiger partial charge in [0.05, 0.1) is 19.8 Å². The number of nitrogens with zero attached hydrogens (tertiary/aromatic N) is 1. The zero-order valence-corrected chi connectivity index (χ0v) is 19.9. The molecule has 0 aromatic carbocycles. The third-order valence-corrected chi connectivity index (χ3v) is 3.56. The van der Waals surface area contributed by atoms with Crippen LogP contribution >= 0.6 is 0 Å². The second-order valence-electron chi connectivity index (χ2n) is 6.44. The molecule has 26 heavy (non-hydrogen) atoms. The molecule has 0 radical (unpaired) electrons. The average molecular weight is 543 g/mol. The molecule has 3 heterocycles. The molecule has 3 aliphatic rings. The topological polar surface area (TPSA) is 77.6 Å². The molecule has 0 spiro atoms. The summed E-state index contributed by atoms with van der Waals surface area (Å²) < 4.78 is 25.3. The van der Waals surface area contributed by atoms with Crippen LogP contribution in [0.4, 0.5) is 0 Å². The zero-order valence-electron chi connectivity index (χ0n) is 18.0. The molecule has 3 rings (SSSR count). The van der Waals surface area contributed by atoms with E-state index in [1.165, 1.54) is 7.05 Å². The summed E-state index contributed by atoms with van der Waals surface area (Å²) in [6.07, 6.45) is 0.134. The third kappa shape index (κ3) is 9.93. The number of amides is 2. The van der Waals surface area contributed by atoms with E-state index in [9.17, 15) is 9.59 Å². The van der Waals surface area contributed by atoms with E-state index in [0.29, 0.717) is 23.1 Å². The number of carbonyl (C=O) groups is 2. The molecular weight excluding hydrogens is 510 g/mol. The molecule has 152 valence electrons. The van der Waals surface area contributed by atoms with Gasteiger partial charge in [-0.15, -0.1) is 0 Å². The van der Waals surface area contributed by atoms with E-state index >= 15 is 0 Å². The molecule has 0 aliphatic carbocycles. The molecule has 0 bridgehead atoms. The molecule has 0 saturated carbocycles. The quantitative estimate of drug-likeness (QED) is 0.301. The van der Waals surface area contributed by atoms with Gasteiger partial charge < -0.3 is 18.9 Å². The van der Waals surface area contributed by atoms with Crippen molar-refractivity contribution < 1.29 is 51.0 Å². The van der Waals surface area contributed by atoms with Gasteiger partial charge in [-0.2, -0.15) is 7.95 Å². The van der Waals surface area contributed by atoms with Crippen LogP contribution in [0.2, 0.25) is 0 Å². The summed E-state index contributed by atoms with van der Waals surface area (Å²) in [6.45, 7) is 10.3. The van der Waals surface area contributed by atoms with Crippen LogP contribution in [0.15, 0.2) is 11.1 Å². The standard InChI is InChI=1S/C7H9NO2.C6H12O2.C3H5O.C2H6O.W/c1-4-5(2)7(10)8(3)6(4)9;1-6(3-7-2)4-8-5-6;1-3-2-4-3;1-3-2;/h1-3H3;3-5H2,1-2H3;2-3H,1H3;1-2H3;/q;;-1;;/i;;2D;;. The Morgan fingerprint density at radius 1 is 1.23 bits per heavy atom. The minimum Gasteiger partial charge on any atom is -0.570 e. The van der Waals surface area contributed by atoms with Gasteiger partial charge in [0.1, 0.15) is 0 Å². The number of carbonyl (C=O) groups excluding carboxylic acids is 2. The minimum atomic E-state index is -0.178. The molecule has 8 heteroatoms. The normalized spacial score (nSPS) is 23.2. The van der Waals surface area contributed by atoms with Crippen molar-refractivity contribution in [2.45, 2.75) is 33.8 Å². The first-order chi connectivity index (χ1) is 12.0. The van der Waals surface area contributed by atoms with Gasteiger partial charge in [0.2, 0.25) is 0 Å². The van der Waals surface area contributed by atoms with Crippen molar-refractivity contribution in [3.8, 4) is 0 Å². The molecule has 3 aliphatic heterocycles. The maximum Gasteiger partial charge on any atom is 0.256 e. The zero-order chi connectivity index (χ0) is 20.5. The maximum absolute atomic E-state index is 11.0. The van der Waals surface area contributed by atoms with Gasteiger partial charge in [-0.3, -0.25) is 14.5 Å². The van der Waals surface area contributed by atoms with Gasteiger partial charge in [0.25, 0.3) is 11.8 Å². The van der Waals surface area contributed by atoms with E-state index < -0.39 is 0 Å². The van der Waals surface area contributed by atoms with Gasteiger partial charge in [0, 0.05) is 66.0 Å². The van der Waals surface area contributed by atoms with Crippen LogP contribution in [-0.2, 0) is 49.6 Å². The number of likely N-dealkylation sites (N-methyl/N-ethyl adjacent to an activating group) is 1. The third-order valence-electron chi connectivity index (χ3n) is 3.56. The Hall–Kier alpha value is -0.592. The number of rotatable bonds is 2. The van der Waals surface area contributed by atoms with E-state index in [-0.39, 0.29) is 39.0 Å². The molecule has 2 amide bonds.